The summed E-state index contributed by atoms with van der Waals surface area (Å²) in [4.78, 5) is 10.8. The largest absolute Gasteiger partial charge is 0.496 e. The molecule has 1 N–H and O–H groups in total. The maximum absolute atomic E-state index is 10.8. The molecule has 4 heteroatoms. The molecule has 0 amide bonds. The van der Waals surface area contributed by atoms with Crippen molar-refractivity contribution in [1.29, 1.82) is 0 Å². The van der Waals surface area contributed by atoms with Gasteiger partial charge in [0.2, 0.25) is 0 Å². The lowest BCUT2D eigenvalue weighted by Crippen LogP contribution is -1.88. The first kappa shape index (κ1) is 11.1. The predicted octanol–water partition coefficient (Wildman–Crippen LogP) is 2.28. The van der Waals surface area contributed by atoms with Gasteiger partial charge in [-0.15, -0.1) is 0 Å². The highest BCUT2D eigenvalue weighted by atomic mass is 16.5. The van der Waals surface area contributed by atoms with Crippen LogP contribution in [0.4, 0.5) is 0 Å². The van der Waals surface area contributed by atoms with Crippen molar-refractivity contribution in [2.45, 2.75) is 7.43 Å². The van der Waals surface area contributed by atoms with Crippen LogP contribution in [0.25, 0.3) is 11.3 Å². The molecule has 0 bridgehead atoms. The number of benzene rings is 1. The third-order valence-corrected chi connectivity index (χ3v) is 1.92. The second kappa shape index (κ2) is 4.50. The maximum Gasteiger partial charge on any atom is 0.357 e. The summed E-state index contributed by atoms with van der Waals surface area (Å²) in [6.07, 6.45) is 0. The van der Waals surface area contributed by atoms with Gasteiger partial charge < -0.3 is 9.26 Å². The third-order valence-electron chi connectivity index (χ3n) is 1.92. The van der Waals surface area contributed by atoms with Gasteiger partial charge in [0.05, 0.1) is 18.9 Å². The first-order valence-electron chi connectivity index (χ1n) is 4.13. The number of nitrogens with one attached hydrogen (secondary N) is 1. The van der Waals surface area contributed by atoms with Gasteiger partial charge in [-0.05, 0) is 12.1 Å². The number of ether oxygens (including phenoxy) is 1. The van der Waals surface area contributed by atoms with Gasteiger partial charge >= 0.3 is 5.63 Å². The van der Waals surface area contributed by atoms with Crippen LogP contribution in [0.5, 0.6) is 5.75 Å². The van der Waals surface area contributed by atoms with Crippen LogP contribution in [0.1, 0.15) is 7.43 Å². The normalized spacial score (nSPS) is 9.40. The molecule has 15 heavy (non-hydrogen) atoms. The number of methoxy groups -OCH3 is 1. The molecule has 0 aliphatic carbocycles. The lowest BCUT2D eigenvalue weighted by Gasteiger charge is -2.04. The Bertz CT molecular complexity index is 484. The van der Waals surface area contributed by atoms with Gasteiger partial charge in [0.1, 0.15) is 5.75 Å². The summed E-state index contributed by atoms with van der Waals surface area (Å²) >= 11 is 0. The molecular formula is C11H13NO3. The molecule has 4 nitrogen and oxygen atoms in total. The minimum Gasteiger partial charge on any atom is -0.496 e. The number of rotatable bonds is 2. The number of H-pyrrole nitrogens is 1. The summed E-state index contributed by atoms with van der Waals surface area (Å²) in [5.41, 5.74) is 1.03. The Kier molecular flexibility index (Phi) is 3.33. The van der Waals surface area contributed by atoms with Gasteiger partial charge in [0.15, 0.2) is 0 Å². The molecule has 2 rings (SSSR count). The topological polar surface area (TPSA) is 55.2 Å². The zero-order valence-electron chi connectivity index (χ0n) is 7.61. The van der Waals surface area contributed by atoms with Crippen molar-refractivity contribution in [1.82, 2.24) is 5.16 Å². The van der Waals surface area contributed by atoms with Gasteiger partial charge in [-0.1, -0.05) is 19.6 Å². The molecule has 0 atom stereocenters. The van der Waals surface area contributed by atoms with E-state index in [0.29, 0.717) is 11.4 Å². The van der Waals surface area contributed by atoms with Crippen molar-refractivity contribution in [3.8, 4) is 17.0 Å². The van der Waals surface area contributed by atoms with E-state index in [-0.39, 0.29) is 7.43 Å². The third kappa shape index (κ3) is 2.10. The summed E-state index contributed by atoms with van der Waals surface area (Å²) in [5, 5.41) is 2.53. The first-order valence-corrected chi connectivity index (χ1v) is 4.13. The summed E-state index contributed by atoms with van der Waals surface area (Å²) in [5.74, 6) is 0.699. The molecule has 0 unspecified atom stereocenters. The summed E-state index contributed by atoms with van der Waals surface area (Å²) in [6, 6.07) is 8.78. The van der Waals surface area contributed by atoms with E-state index in [1.54, 1.807) is 7.11 Å². The molecule has 0 spiro atoms. The molecule has 0 aliphatic rings. The van der Waals surface area contributed by atoms with Crippen LogP contribution in [-0.2, 0) is 0 Å². The van der Waals surface area contributed by atoms with E-state index < -0.39 is 5.63 Å². The second-order valence-corrected chi connectivity index (χ2v) is 2.78. The van der Waals surface area contributed by atoms with Crippen LogP contribution < -0.4 is 10.4 Å². The molecule has 0 radical (unpaired) electrons. The highest BCUT2D eigenvalue weighted by molar-refractivity contribution is 5.66. The van der Waals surface area contributed by atoms with Crippen LogP contribution in [-0.4, -0.2) is 12.3 Å². The SMILES string of the molecule is C.COc1ccccc1-c1cc(=O)o[nH]1. The van der Waals surface area contributed by atoms with Crippen LogP contribution in [0, 0.1) is 0 Å². The zero-order chi connectivity index (χ0) is 9.97. The summed E-state index contributed by atoms with van der Waals surface area (Å²) in [6.45, 7) is 0. The van der Waals surface area contributed by atoms with Gasteiger partial charge in [0, 0.05) is 5.56 Å². The molecule has 1 aromatic heterocycles. The predicted molar refractivity (Wildman–Crippen MR) is 58.0 cm³/mol. The van der Waals surface area contributed by atoms with E-state index in [4.69, 9.17) is 4.74 Å². The number of aromatic amines is 1. The molecular weight excluding hydrogens is 194 g/mol. The van der Waals surface area contributed by atoms with Crippen molar-refractivity contribution in [3.63, 3.8) is 0 Å². The standard InChI is InChI=1S/C10H9NO3.CH4/c1-13-9-5-3-2-4-7(9)8-6-10(12)14-11-8;/h2-6,11H,1H3;1H4. The summed E-state index contributed by atoms with van der Waals surface area (Å²) < 4.78 is 9.73. The van der Waals surface area contributed by atoms with E-state index >= 15 is 0 Å². The Hall–Kier alpha value is -1.97. The maximum atomic E-state index is 10.8. The van der Waals surface area contributed by atoms with E-state index in [1.165, 1.54) is 6.07 Å². The van der Waals surface area contributed by atoms with Gasteiger partial charge in [-0.25, -0.2) is 9.95 Å². The first-order chi connectivity index (χ1) is 6.81. The highest BCUT2D eigenvalue weighted by Gasteiger charge is 2.07. The Morgan fingerprint density at radius 2 is 2.07 bits per heavy atom. The molecule has 0 saturated carbocycles. The van der Waals surface area contributed by atoms with Crippen LogP contribution >= 0.6 is 0 Å². The van der Waals surface area contributed by atoms with Crippen LogP contribution in [0.3, 0.4) is 0 Å². The average molecular weight is 207 g/mol. The minimum absolute atomic E-state index is 0. The Morgan fingerprint density at radius 3 is 2.67 bits per heavy atom. The lowest BCUT2D eigenvalue weighted by atomic mass is 10.1. The van der Waals surface area contributed by atoms with Crippen molar-refractivity contribution in [3.05, 3.63) is 40.8 Å². The quantitative estimate of drug-likeness (QED) is 0.821. The second-order valence-electron chi connectivity index (χ2n) is 2.78. The molecule has 0 aliphatic heterocycles. The fraction of sp³-hybridized carbons (Fsp3) is 0.182. The van der Waals surface area contributed by atoms with Crippen molar-refractivity contribution in [2.24, 2.45) is 0 Å². The Balaban J connectivity index is 0.00000112. The number of hydrogen-bond acceptors (Lipinski definition) is 3. The fourth-order valence-electron chi connectivity index (χ4n) is 1.28. The van der Waals surface area contributed by atoms with E-state index in [9.17, 15) is 4.79 Å². The van der Waals surface area contributed by atoms with Crippen molar-refractivity contribution >= 4 is 0 Å². The Morgan fingerprint density at radius 1 is 1.33 bits per heavy atom. The minimum atomic E-state index is -0.397. The Labute approximate surface area is 87.5 Å². The van der Waals surface area contributed by atoms with Crippen LogP contribution in [0.2, 0.25) is 0 Å². The smallest absolute Gasteiger partial charge is 0.357 e. The van der Waals surface area contributed by atoms with Crippen LogP contribution in [0.15, 0.2) is 39.6 Å². The summed E-state index contributed by atoms with van der Waals surface area (Å²) in [7, 11) is 1.58. The monoisotopic (exact) mass is 207 g/mol. The number of para-hydroxylation sites is 1. The van der Waals surface area contributed by atoms with E-state index in [0.717, 1.165) is 5.56 Å². The zero-order valence-corrected chi connectivity index (χ0v) is 7.61. The molecule has 0 fully saturated rings. The number of hydrogen-bond donors (Lipinski definition) is 1. The fourth-order valence-corrected chi connectivity index (χ4v) is 1.28. The van der Waals surface area contributed by atoms with Gasteiger partial charge in [-0.2, -0.15) is 0 Å². The van der Waals surface area contributed by atoms with E-state index in [1.807, 2.05) is 24.3 Å². The molecule has 2 aromatic rings. The molecule has 80 valence electrons. The van der Waals surface area contributed by atoms with E-state index in [2.05, 4.69) is 9.68 Å². The van der Waals surface area contributed by atoms with Crippen molar-refractivity contribution in [2.75, 3.05) is 7.11 Å². The molecule has 1 aromatic carbocycles. The molecule has 1 heterocycles. The van der Waals surface area contributed by atoms with Gasteiger partial charge in [-0.3, -0.25) is 0 Å². The number of aromatic nitrogens is 1. The molecule has 0 saturated heterocycles. The average Bonchev–Trinajstić information content (AvgIpc) is 2.65. The highest BCUT2D eigenvalue weighted by Crippen LogP contribution is 2.26. The van der Waals surface area contributed by atoms with Crippen molar-refractivity contribution < 1.29 is 9.26 Å². The lowest BCUT2D eigenvalue weighted by molar-refractivity contribution is 0.392. The van der Waals surface area contributed by atoms with Gasteiger partial charge in [0.25, 0.3) is 0 Å².